The highest BCUT2D eigenvalue weighted by Gasteiger charge is 2.25. The second kappa shape index (κ2) is 15.3. The average molecular weight is 636 g/mol. The van der Waals surface area contributed by atoms with Gasteiger partial charge in [-0.25, -0.2) is 9.59 Å². The number of ether oxygens (including phenoxy) is 2. The smallest absolute Gasteiger partial charge is 0.339 e. The van der Waals surface area contributed by atoms with E-state index in [9.17, 15) is 19.2 Å². The molecular weight excluding hydrogens is 602 g/mol. The maximum Gasteiger partial charge on any atom is 0.339 e. The molecule has 0 unspecified atom stereocenters. The van der Waals surface area contributed by atoms with Crippen LogP contribution < -0.4 is 16.4 Å². The van der Waals surface area contributed by atoms with E-state index < -0.39 is 17.8 Å². The first kappa shape index (κ1) is 32.3. The summed E-state index contributed by atoms with van der Waals surface area (Å²) in [5, 5.41) is 14.1. The summed E-state index contributed by atoms with van der Waals surface area (Å²) >= 11 is 0. The number of nitrogens with two attached hydrogens (primary N) is 1. The number of carbonyl (C=O) groups excluding carboxylic acids is 4. The predicted octanol–water partition coefficient (Wildman–Crippen LogP) is 4.02. The van der Waals surface area contributed by atoms with Crippen LogP contribution in [0.3, 0.4) is 0 Å². The number of aromatic nitrogens is 3. The van der Waals surface area contributed by atoms with Crippen molar-refractivity contribution in [3.05, 3.63) is 119 Å². The van der Waals surface area contributed by atoms with Crippen LogP contribution in [0.4, 0.5) is 17.5 Å². The van der Waals surface area contributed by atoms with Crippen LogP contribution in [0.15, 0.2) is 91.5 Å². The SMILES string of the molecule is C=CC(=O)N1CCC[C@@H](Nc2nnc(C(N)=O)c(Nc3ccc(C(=O)OCc4ccccc4)c(C(=O)OCc4ccccc4)c3)n2)C1. The monoisotopic (exact) mass is 635 g/mol. The molecule has 4 N–H and O–H groups in total. The molecule has 13 nitrogen and oxygen atoms in total. The molecule has 0 saturated carbocycles. The molecule has 1 atom stereocenters. The molecular formula is C34H33N7O6. The summed E-state index contributed by atoms with van der Waals surface area (Å²) in [5.74, 6) is -2.49. The summed E-state index contributed by atoms with van der Waals surface area (Å²) in [6.07, 6.45) is 2.78. The largest absolute Gasteiger partial charge is 0.457 e. The molecule has 47 heavy (non-hydrogen) atoms. The molecule has 1 aliphatic heterocycles. The van der Waals surface area contributed by atoms with Crippen molar-refractivity contribution in [1.29, 1.82) is 0 Å². The second-order valence-electron chi connectivity index (χ2n) is 10.7. The zero-order valence-corrected chi connectivity index (χ0v) is 25.4. The topological polar surface area (TPSA) is 179 Å². The normalized spacial score (nSPS) is 14.0. The first-order valence-corrected chi connectivity index (χ1v) is 14.9. The fraction of sp³-hybridized carbons (Fsp3) is 0.206. The van der Waals surface area contributed by atoms with Crippen molar-refractivity contribution >= 4 is 41.2 Å². The summed E-state index contributed by atoms with van der Waals surface area (Å²) in [4.78, 5) is 56.9. The molecule has 0 radical (unpaired) electrons. The van der Waals surface area contributed by atoms with Crippen LogP contribution in [0.2, 0.25) is 0 Å². The van der Waals surface area contributed by atoms with Gasteiger partial charge in [-0.05, 0) is 48.2 Å². The molecule has 13 heteroatoms. The first-order chi connectivity index (χ1) is 22.8. The number of likely N-dealkylation sites (tertiary alicyclic amines) is 1. The number of hydrogen-bond acceptors (Lipinski definition) is 11. The number of carbonyl (C=O) groups is 4. The Morgan fingerprint density at radius 3 is 2.15 bits per heavy atom. The van der Waals surface area contributed by atoms with Crippen LogP contribution >= 0.6 is 0 Å². The summed E-state index contributed by atoms with van der Waals surface area (Å²) < 4.78 is 11.0. The molecule has 240 valence electrons. The highest BCUT2D eigenvalue weighted by Crippen LogP contribution is 2.24. The summed E-state index contributed by atoms with van der Waals surface area (Å²) in [5.41, 5.74) is 7.05. The number of benzene rings is 3. The lowest BCUT2D eigenvalue weighted by Crippen LogP contribution is -2.44. The molecule has 4 aromatic rings. The van der Waals surface area contributed by atoms with Crippen molar-refractivity contribution in [2.24, 2.45) is 5.73 Å². The van der Waals surface area contributed by atoms with Gasteiger partial charge in [0.15, 0.2) is 11.5 Å². The zero-order valence-electron chi connectivity index (χ0n) is 25.4. The van der Waals surface area contributed by atoms with Crippen molar-refractivity contribution in [1.82, 2.24) is 20.1 Å². The van der Waals surface area contributed by atoms with E-state index in [-0.39, 0.29) is 59.4 Å². The van der Waals surface area contributed by atoms with Crippen LogP contribution in [0.5, 0.6) is 0 Å². The summed E-state index contributed by atoms with van der Waals surface area (Å²) in [7, 11) is 0. The molecule has 3 aromatic carbocycles. The van der Waals surface area contributed by atoms with E-state index in [4.69, 9.17) is 15.2 Å². The van der Waals surface area contributed by atoms with Crippen LogP contribution in [-0.4, -0.2) is 63.0 Å². The van der Waals surface area contributed by atoms with E-state index in [0.717, 1.165) is 24.0 Å². The van der Waals surface area contributed by atoms with Gasteiger partial charge in [-0.3, -0.25) is 9.59 Å². The van der Waals surface area contributed by atoms with Gasteiger partial charge in [-0.2, -0.15) is 4.98 Å². The average Bonchev–Trinajstić information content (AvgIpc) is 3.10. The lowest BCUT2D eigenvalue weighted by atomic mass is 10.1. The minimum Gasteiger partial charge on any atom is -0.457 e. The third-order valence-corrected chi connectivity index (χ3v) is 7.31. The van der Waals surface area contributed by atoms with Gasteiger partial charge in [0.25, 0.3) is 5.91 Å². The Balaban J connectivity index is 1.39. The number of anilines is 3. The van der Waals surface area contributed by atoms with Gasteiger partial charge in [0.1, 0.15) is 13.2 Å². The van der Waals surface area contributed by atoms with Gasteiger partial charge >= 0.3 is 11.9 Å². The second-order valence-corrected chi connectivity index (χ2v) is 10.7. The van der Waals surface area contributed by atoms with E-state index in [1.165, 1.54) is 24.3 Å². The standard InChI is InChI=1S/C34H33N7O6/c1-2-28(42)41-17-9-14-25(19-41)37-34-38-31(29(30(35)43)39-40-34)36-24-15-16-26(32(44)46-20-22-10-5-3-6-11-22)27(18-24)33(45)47-21-23-12-7-4-8-13-23/h2-8,10-13,15-16,18,25H,1,9,14,17,19-21H2,(H2,35,43)(H2,36,37,38,40)/t25-/m1/s1. The number of hydrogen-bond donors (Lipinski definition) is 3. The van der Waals surface area contributed by atoms with Gasteiger partial charge in [-0.1, -0.05) is 67.2 Å². The van der Waals surface area contributed by atoms with E-state index in [1.807, 2.05) is 60.7 Å². The first-order valence-electron chi connectivity index (χ1n) is 14.9. The highest BCUT2D eigenvalue weighted by molar-refractivity contribution is 6.04. The number of amides is 2. The Hall–Kier alpha value is -6.11. The minimum absolute atomic E-state index is 0.00301. The van der Waals surface area contributed by atoms with Crippen molar-refractivity contribution in [3.63, 3.8) is 0 Å². The van der Waals surface area contributed by atoms with E-state index in [0.29, 0.717) is 13.1 Å². The molecule has 1 aromatic heterocycles. The van der Waals surface area contributed by atoms with Crippen molar-refractivity contribution in [3.8, 4) is 0 Å². The number of primary amides is 1. The number of piperidine rings is 1. The molecule has 1 saturated heterocycles. The van der Waals surface area contributed by atoms with Crippen LogP contribution in [0.25, 0.3) is 0 Å². The van der Waals surface area contributed by atoms with E-state index >= 15 is 0 Å². The molecule has 2 amide bonds. The maximum absolute atomic E-state index is 13.4. The van der Waals surface area contributed by atoms with Crippen LogP contribution in [0.1, 0.15) is 55.2 Å². The molecule has 0 aliphatic carbocycles. The van der Waals surface area contributed by atoms with Gasteiger partial charge < -0.3 is 30.7 Å². The van der Waals surface area contributed by atoms with E-state index in [1.54, 1.807) is 4.90 Å². The lowest BCUT2D eigenvalue weighted by Gasteiger charge is -2.32. The Labute approximate surface area is 270 Å². The molecule has 2 heterocycles. The van der Waals surface area contributed by atoms with Crippen molar-refractivity contribution in [2.45, 2.75) is 32.1 Å². The minimum atomic E-state index is -0.886. The quantitative estimate of drug-likeness (QED) is 0.151. The zero-order chi connectivity index (χ0) is 33.2. The van der Waals surface area contributed by atoms with Gasteiger partial charge in [0.05, 0.1) is 11.1 Å². The van der Waals surface area contributed by atoms with Crippen LogP contribution in [-0.2, 0) is 27.5 Å². The maximum atomic E-state index is 13.4. The summed E-state index contributed by atoms with van der Waals surface area (Å²) in [6.45, 7) is 4.55. The Morgan fingerprint density at radius 2 is 1.53 bits per heavy atom. The molecule has 0 bridgehead atoms. The van der Waals surface area contributed by atoms with Gasteiger partial charge in [-0.15, -0.1) is 10.2 Å². The molecule has 1 aliphatic rings. The Kier molecular flexibility index (Phi) is 10.5. The van der Waals surface area contributed by atoms with E-state index in [2.05, 4.69) is 32.4 Å². The number of nitrogens with one attached hydrogen (secondary N) is 2. The third kappa shape index (κ3) is 8.54. The fourth-order valence-corrected chi connectivity index (χ4v) is 4.95. The number of esters is 2. The number of nitrogens with zero attached hydrogens (tertiary/aromatic N) is 4. The lowest BCUT2D eigenvalue weighted by molar-refractivity contribution is -0.127. The third-order valence-electron chi connectivity index (χ3n) is 7.31. The molecule has 1 fully saturated rings. The van der Waals surface area contributed by atoms with Crippen LogP contribution in [0, 0.1) is 0 Å². The highest BCUT2D eigenvalue weighted by atomic mass is 16.5. The Morgan fingerprint density at radius 1 is 0.894 bits per heavy atom. The van der Waals surface area contributed by atoms with Gasteiger partial charge in [0.2, 0.25) is 11.9 Å². The fourth-order valence-electron chi connectivity index (χ4n) is 4.95. The van der Waals surface area contributed by atoms with Crippen molar-refractivity contribution < 1.29 is 28.7 Å². The molecule has 0 spiro atoms. The predicted molar refractivity (Wildman–Crippen MR) is 173 cm³/mol. The number of rotatable bonds is 12. The summed E-state index contributed by atoms with van der Waals surface area (Å²) in [6, 6.07) is 22.4. The van der Waals surface area contributed by atoms with Gasteiger partial charge in [0, 0.05) is 24.8 Å². The Bertz CT molecular complexity index is 1770. The molecule has 5 rings (SSSR count). The van der Waals surface area contributed by atoms with Crippen molar-refractivity contribution in [2.75, 3.05) is 23.7 Å².